The molecule has 5 saturated heterocycles. The highest BCUT2D eigenvalue weighted by Gasteiger charge is 2.37. The minimum atomic E-state index is -0.735. The van der Waals surface area contributed by atoms with Crippen LogP contribution in [0.25, 0.3) is 0 Å². The van der Waals surface area contributed by atoms with E-state index in [9.17, 15) is 59.4 Å². The Labute approximate surface area is 534 Å². The molecule has 2 amide bonds. The highest BCUT2D eigenvalue weighted by Crippen LogP contribution is 2.33. The van der Waals surface area contributed by atoms with Crippen LogP contribution in [0.5, 0.6) is 0 Å². The van der Waals surface area contributed by atoms with Crippen LogP contribution in [0.3, 0.4) is 0 Å². The third kappa shape index (κ3) is 28.8. The molecule has 5 aliphatic rings. The van der Waals surface area contributed by atoms with Crippen LogP contribution in [-0.2, 0) is 19.0 Å². The third-order valence-corrected chi connectivity index (χ3v) is 16.5. The summed E-state index contributed by atoms with van der Waals surface area (Å²) in [5.41, 5.74) is 5.23. The maximum Gasteiger partial charge on any atom is 0.410 e. The minimum Gasteiger partial charge on any atom is -0.469 e. The molecule has 5 aliphatic heterocycles. The van der Waals surface area contributed by atoms with E-state index in [4.69, 9.17) is 19.9 Å². The normalized spacial score (nSPS) is 20.8. The highest BCUT2D eigenvalue weighted by molar-refractivity contribution is 5.75. The van der Waals surface area contributed by atoms with Crippen molar-refractivity contribution in [3.63, 3.8) is 0 Å². The van der Waals surface area contributed by atoms with E-state index >= 15 is 0 Å². The number of nitro groups is 2. The largest absolute Gasteiger partial charge is 0.469 e. The Morgan fingerprint density at radius 2 is 0.878 bits per heavy atom. The molecule has 5 heterocycles. The van der Waals surface area contributed by atoms with Crippen LogP contribution in [0.4, 0.5) is 42.4 Å². The van der Waals surface area contributed by atoms with E-state index < -0.39 is 44.3 Å². The zero-order chi connectivity index (χ0) is 68.0. The maximum absolute atomic E-state index is 12.1. The van der Waals surface area contributed by atoms with E-state index in [1.165, 1.54) is 31.4 Å². The summed E-state index contributed by atoms with van der Waals surface area (Å²) in [6.45, 7) is 34.1. The van der Waals surface area contributed by atoms with Crippen LogP contribution in [-0.4, -0.2) is 164 Å². The van der Waals surface area contributed by atoms with Crippen molar-refractivity contribution in [2.24, 2.45) is 29.6 Å². The lowest BCUT2D eigenvalue weighted by atomic mass is 9.84. The predicted octanol–water partition coefficient (Wildman–Crippen LogP) is 11.5. The molecular weight excluding hydrogens is 1160 g/mol. The summed E-state index contributed by atoms with van der Waals surface area (Å²) in [6, 6.07) is 19.0. The van der Waals surface area contributed by atoms with Gasteiger partial charge in [0.1, 0.15) is 17.0 Å². The first-order valence-corrected chi connectivity index (χ1v) is 31.7. The topological polar surface area (TPSA) is 297 Å². The number of halogens is 1. The van der Waals surface area contributed by atoms with Gasteiger partial charge in [0, 0.05) is 118 Å². The van der Waals surface area contributed by atoms with Gasteiger partial charge in [-0.25, -0.2) is 14.0 Å². The van der Waals surface area contributed by atoms with Crippen molar-refractivity contribution in [1.82, 2.24) is 15.1 Å². The lowest BCUT2D eigenvalue weighted by Crippen LogP contribution is -2.48. The smallest absolute Gasteiger partial charge is 0.410 e. The van der Waals surface area contributed by atoms with E-state index in [0.717, 1.165) is 139 Å². The molecule has 0 saturated carbocycles. The number of amides is 2. The molecule has 3 aromatic rings. The fourth-order valence-corrected chi connectivity index (χ4v) is 10.9. The van der Waals surface area contributed by atoms with Crippen molar-refractivity contribution in [3.05, 3.63) is 98.8 Å². The number of carbonyl (C=O) groups excluding carboxylic acids is 3. The molecule has 23 heteroatoms. The third-order valence-electron chi connectivity index (χ3n) is 16.5. The van der Waals surface area contributed by atoms with Crippen LogP contribution >= 0.6 is 0 Å². The quantitative estimate of drug-likeness (QED) is 0.0381. The Hall–Kier alpha value is -6.40. The lowest BCUT2D eigenvalue weighted by Gasteiger charge is -2.39. The number of non-ortho nitro benzene ring substituents is 2. The molecule has 0 bridgehead atoms. The SMILES string of the molecule is CC(C)(C)OC(=O)N1CCCC(C(C)(C)O)C1.CC(C)(O)C1CCCN(c2ccc(N)cc2)C1.CC(C)(O)C1CCCN(c2ccc([N+](=O)[O-])cc2)C1.CC(C)(O)C1CCCNC1.COC(=O)C1CCCN(C(=O)OC(C)(C)C)C1.O=[N+]([O-])c1ccc(F)cc1. The Kier molecular flexibility index (Phi) is 30.2. The summed E-state index contributed by atoms with van der Waals surface area (Å²) in [6.07, 6.45) is 9.50. The number of methoxy groups -OCH3 is 1. The van der Waals surface area contributed by atoms with E-state index in [-0.39, 0.29) is 52.2 Å². The van der Waals surface area contributed by atoms with Crippen LogP contribution in [0, 0.1) is 55.6 Å². The molecule has 0 aromatic heterocycles. The number of rotatable bonds is 9. The summed E-state index contributed by atoms with van der Waals surface area (Å²) >= 11 is 0. The average Bonchev–Trinajstić information content (AvgIpc) is 1.30. The predicted molar refractivity (Wildman–Crippen MR) is 351 cm³/mol. The maximum atomic E-state index is 12.1. The average molecular weight is 1270 g/mol. The van der Waals surface area contributed by atoms with Gasteiger partial charge in [0.05, 0.1) is 45.3 Å². The van der Waals surface area contributed by atoms with E-state index in [2.05, 4.69) is 27.2 Å². The number of benzene rings is 3. The number of nitrogen functional groups attached to an aromatic ring is 1. The number of piperidine rings is 5. The molecule has 0 aliphatic carbocycles. The van der Waals surface area contributed by atoms with Gasteiger partial charge in [-0.1, -0.05) is 0 Å². The van der Waals surface area contributed by atoms with Gasteiger partial charge in [-0.2, -0.15) is 0 Å². The number of likely N-dealkylation sites (tertiary alicyclic amines) is 2. The number of esters is 1. The first-order chi connectivity index (χ1) is 41.6. The summed E-state index contributed by atoms with van der Waals surface area (Å²) < 4.78 is 27.4. The van der Waals surface area contributed by atoms with Gasteiger partial charge < -0.3 is 65.3 Å². The second-order valence-corrected chi connectivity index (χ2v) is 28.4. The zero-order valence-electron chi connectivity index (χ0n) is 56.5. The molecule has 90 heavy (non-hydrogen) atoms. The molecule has 5 fully saturated rings. The number of nitrogens with two attached hydrogens (primary N) is 1. The molecule has 5 atom stereocenters. The van der Waals surface area contributed by atoms with Crippen molar-refractivity contribution in [1.29, 1.82) is 0 Å². The molecule has 7 N–H and O–H groups in total. The minimum absolute atomic E-state index is 0.0959. The van der Waals surface area contributed by atoms with Gasteiger partial charge in [0.25, 0.3) is 11.4 Å². The van der Waals surface area contributed by atoms with E-state index in [0.29, 0.717) is 31.5 Å². The molecule has 0 radical (unpaired) electrons. The van der Waals surface area contributed by atoms with Gasteiger partial charge in [-0.15, -0.1) is 0 Å². The number of carbonyl (C=O) groups is 3. The number of nitro benzene ring substituents is 2. The molecule has 22 nitrogen and oxygen atoms in total. The molecular formula is C67H109FN8O14. The number of nitrogens with zero attached hydrogens (tertiary/aromatic N) is 6. The first-order valence-electron chi connectivity index (χ1n) is 31.7. The molecule has 8 rings (SSSR count). The van der Waals surface area contributed by atoms with E-state index in [1.807, 2.05) is 95.2 Å². The second kappa shape index (κ2) is 34.9. The molecule has 5 unspecified atom stereocenters. The Balaban J connectivity index is 0.000000286. The van der Waals surface area contributed by atoms with E-state index in [1.54, 1.807) is 35.8 Å². The van der Waals surface area contributed by atoms with Gasteiger partial charge in [0.15, 0.2) is 0 Å². The summed E-state index contributed by atoms with van der Waals surface area (Å²) in [5.74, 6) is 0.209. The van der Waals surface area contributed by atoms with Crippen molar-refractivity contribution in [2.75, 3.05) is 88.1 Å². The standard InChI is InChI=1S/C14H20N2O3.C14H22N2O.C13H25NO3.C12H21NO4.C8H17NO.C6H4FNO2/c1-14(2,17)11-4-3-9-15(10-11)12-5-7-13(8-6-12)16(18)19;1-14(2,17)11-4-3-9-16(10-11)13-7-5-12(15)6-8-13;1-12(2,3)17-11(15)14-8-6-7-10(9-14)13(4,5)16;1-12(2,3)17-11(15)13-7-5-6-9(8-13)10(14)16-4;1-8(2,10)7-4-3-5-9-6-7;7-5-1-3-6(4-2-5)8(9)10/h5-8,11,17H,3-4,9-10H2,1-2H3;5-8,11,17H,3-4,9-10,15H2,1-2H3;10,16H,6-9H2,1-5H3;9H,5-8H2,1-4H3;7,9-10H,3-6H2,1-2H3;1-4H. The Bertz CT molecular complexity index is 2650. The van der Waals surface area contributed by atoms with Crippen LogP contribution in [0.1, 0.15) is 161 Å². The monoisotopic (exact) mass is 1270 g/mol. The number of aliphatic hydroxyl groups is 4. The second-order valence-electron chi connectivity index (χ2n) is 28.4. The van der Waals surface area contributed by atoms with Crippen molar-refractivity contribution < 1.29 is 63.3 Å². The summed E-state index contributed by atoms with van der Waals surface area (Å²) in [5, 5.41) is 63.7. The van der Waals surface area contributed by atoms with Crippen LogP contribution in [0.2, 0.25) is 0 Å². The number of ether oxygens (including phenoxy) is 3. The van der Waals surface area contributed by atoms with Gasteiger partial charge in [-0.05, 0) is 222 Å². The summed E-state index contributed by atoms with van der Waals surface area (Å²) in [4.78, 5) is 62.6. The fourth-order valence-electron chi connectivity index (χ4n) is 10.9. The number of anilines is 3. The van der Waals surface area contributed by atoms with Gasteiger partial charge in [-0.3, -0.25) is 25.0 Å². The van der Waals surface area contributed by atoms with Crippen LogP contribution < -0.4 is 20.9 Å². The Morgan fingerprint density at radius 1 is 0.522 bits per heavy atom. The fraction of sp³-hybridized carbons (Fsp3) is 0.687. The lowest BCUT2D eigenvalue weighted by molar-refractivity contribution is -0.385. The van der Waals surface area contributed by atoms with Gasteiger partial charge >= 0.3 is 18.2 Å². The Morgan fingerprint density at radius 3 is 1.23 bits per heavy atom. The molecule has 0 spiro atoms. The van der Waals surface area contributed by atoms with Crippen molar-refractivity contribution in [3.8, 4) is 0 Å². The first kappa shape index (κ1) is 77.8. The highest BCUT2D eigenvalue weighted by atomic mass is 19.1. The van der Waals surface area contributed by atoms with Crippen LogP contribution in [0.15, 0.2) is 72.8 Å². The number of hydrogen-bond donors (Lipinski definition) is 6. The number of hydrogen-bond acceptors (Lipinski definition) is 18. The zero-order valence-corrected chi connectivity index (χ0v) is 56.5. The van der Waals surface area contributed by atoms with Crippen molar-refractivity contribution in [2.45, 2.75) is 195 Å². The summed E-state index contributed by atoms with van der Waals surface area (Å²) in [7, 11) is 1.37. The van der Waals surface area contributed by atoms with Gasteiger partial charge in [0.2, 0.25) is 0 Å². The molecule has 3 aromatic carbocycles. The number of nitrogens with one attached hydrogen (secondary N) is 1. The van der Waals surface area contributed by atoms with Crippen molar-refractivity contribution >= 4 is 46.6 Å². The molecule has 508 valence electrons.